The highest BCUT2D eigenvalue weighted by Crippen LogP contribution is 2.37. The lowest BCUT2D eigenvalue weighted by atomic mass is 10.0. The molecular weight excluding hydrogens is 232 g/mol. The average molecular weight is 248 g/mol. The minimum atomic E-state index is -0.296. The van der Waals surface area contributed by atoms with Gasteiger partial charge in [-0.1, -0.05) is 0 Å². The van der Waals surface area contributed by atoms with Gasteiger partial charge in [-0.05, 0) is 33.8 Å². The van der Waals surface area contributed by atoms with E-state index in [9.17, 15) is 9.59 Å². The number of hydrogen-bond donors (Lipinski definition) is 0. The lowest BCUT2D eigenvalue weighted by Crippen LogP contribution is -1.98. The van der Waals surface area contributed by atoms with Gasteiger partial charge in [-0.3, -0.25) is 9.59 Å². The number of carbonyl (C=O) groups excluding carboxylic acids is 2. The van der Waals surface area contributed by atoms with Crippen LogP contribution in [0.1, 0.15) is 55.2 Å². The lowest BCUT2D eigenvalue weighted by Gasteiger charge is -2.07. The minimum absolute atomic E-state index is 0.0186. The van der Waals surface area contributed by atoms with Gasteiger partial charge in [0.2, 0.25) is 0 Å². The van der Waals surface area contributed by atoms with Gasteiger partial charge in [0.05, 0.1) is 5.56 Å². The van der Waals surface area contributed by atoms with Crippen LogP contribution in [-0.4, -0.2) is 11.6 Å². The molecule has 0 radical (unpaired) electrons. The summed E-state index contributed by atoms with van der Waals surface area (Å²) in [6.45, 7) is 6.56. The highest BCUT2D eigenvalue weighted by atomic mass is 16.5. The zero-order valence-electron chi connectivity index (χ0n) is 11.0. The third kappa shape index (κ3) is 2.10. The van der Waals surface area contributed by atoms with Crippen LogP contribution in [0.4, 0.5) is 0 Å². The predicted molar refractivity (Wildman–Crippen MR) is 65.3 cm³/mol. The van der Waals surface area contributed by atoms with Gasteiger partial charge in [0.1, 0.15) is 17.3 Å². The van der Waals surface area contributed by atoms with Crippen LogP contribution < -0.4 is 0 Å². The quantitative estimate of drug-likeness (QED) is 0.771. The van der Waals surface area contributed by atoms with E-state index in [-0.39, 0.29) is 17.7 Å². The first-order valence-electron chi connectivity index (χ1n) is 5.88. The molecule has 4 heteroatoms. The second kappa shape index (κ2) is 4.44. The van der Waals surface area contributed by atoms with Crippen LogP contribution in [0.5, 0.6) is 0 Å². The number of furan rings is 1. The van der Waals surface area contributed by atoms with Crippen LogP contribution in [0.3, 0.4) is 0 Å². The molecule has 1 atom stereocenters. The van der Waals surface area contributed by atoms with E-state index >= 15 is 0 Å². The minimum Gasteiger partial charge on any atom is -0.486 e. The van der Waals surface area contributed by atoms with Gasteiger partial charge in [0, 0.05) is 12.0 Å². The van der Waals surface area contributed by atoms with Crippen molar-refractivity contribution in [2.24, 2.45) is 0 Å². The third-order valence-electron chi connectivity index (χ3n) is 3.19. The Kier molecular flexibility index (Phi) is 3.11. The van der Waals surface area contributed by atoms with E-state index < -0.39 is 0 Å². The fraction of sp³-hybridized carbons (Fsp3) is 0.429. The van der Waals surface area contributed by atoms with Gasteiger partial charge in [-0.25, -0.2) is 0 Å². The standard InChI is InChI=1S/C14H16O4/c1-7(15)11-5-13(17-9(11)3)14-6-12(8(2)16)10(4)18-14/h5,14H,6H2,1-4H3. The molecule has 2 heterocycles. The number of hydrogen-bond acceptors (Lipinski definition) is 4. The van der Waals surface area contributed by atoms with Crippen LogP contribution in [-0.2, 0) is 9.53 Å². The van der Waals surface area contributed by atoms with E-state index in [1.165, 1.54) is 13.8 Å². The largest absolute Gasteiger partial charge is 0.486 e. The summed E-state index contributed by atoms with van der Waals surface area (Å²) in [5.41, 5.74) is 1.26. The Bertz CT molecular complexity index is 548. The molecule has 0 saturated carbocycles. The molecule has 2 rings (SSSR count). The average Bonchev–Trinajstić information content (AvgIpc) is 2.81. The van der Waals surface area contributed by atoms with E-state index in [1.807, 2.05) is 0 Å². The van der Waals surface area contributed by atoms with E-state index in [2.05, 4.69) is 0 Å². The molecule has 18 heavy (non-hydrogen) atoms. The zero-order chi connectivity index (χ0) is 13.4. The molecule has 0 bridgehead atoms. The molecule has 0 aliphatic carbocycles. The van der Waals surface area contributed by atoms with Gasteiger partial charge >= 0.3 is 0 Å². The van der Waals surface area contributed by atoms with Gasteiger partial charge in [-0.2, -0.15) is 0 Å². The first kappa shape index (κ1) is 12.6. The predicted octanol–water partition coefficient (Wildman–Crippen LogP) is 3.12. The number of Topliss-reactive ketones (excluding diaryl/α,β-unsaturated/α-hetero) is 2. The number of ether oxygens (including phenoxy) is 1. The maximum Gasteiger partial charge on any atom is 0.163 e. The Labute approximate surface area is 106 Å². The molecule has 1 aromatic heterocycles. The summed E-state index contributed by atoms with van der Waals surface area (Å²) in [4.78, 5) is 22.8. The maximum absolute atomic E-state index is 11.4. The fourth-order valence-corrected chi connectivity index (χ4v) is 2.22. The second-order valence-electron chi connectivity index (χ2n) is 4.58. The monoisotopic (exact) mass is 248 g/mol. The molecule has 0 N–H and O–H groups in total. The van der Waals surface area contributed by atoms with Gasteiger partial charge < -0.3 is 9.15 Å². The van der Waals surface area contributed by atoms with Crippen LogP contribution >= 0.6 is 0 Å². The summed E-state index contributed by atoms with van der Waals surface area (Å²) < 4.78 is 11.2. The molecule has 1 aromatic rings. The SMILES string of the molecule is CC(=O)C1=C(C)OC(c2cc(C(C)=O)c(C)o2)C1. The molecule has 1 unspecified atom stereocenters. The Morgan fingerprint density at radius 2 is 1.89 bits per heavy atom. The van der Waals surface area contributed by atoms with E-state index in [4.69, 9.17) is 9.15 Å². The smallest absolute Gasteiger partial charge is 0.163 e. The summed E-state index contributed by atoms with van der Waals surface area (Å²) in [5.74, 6) is 1.83. The van der Waals surface area contributed by atoms with Crippen molar-refractivity contribution < 1.29 is 18.7 Å². The summed E-state index contributed by atoms with van der Waals surface area (Å²) in [7, 11) is 0. The van der Waals surface area contributed by atoms with E-state index in [0.29, 0.717) is 34.8 Å². The molecule has 96 valence electrons. The summed E-state index contributed by atoms with van der Waals surface area (Å²) in [6.07, 6.45) is 0.210. The van der Waals surface area contributed by atoms with E-state index in [0.717, 1.165) is 0 Å². The van der Waals surface area contributed by atoms with Crippen molar-refractivity contribution in [2.45, 2.75) is 40.2 Å². The molecule has 0 aromatic carbocycles. The summed E-state index contributed by atoms with van der Waals surface area (Å²) in [6, 6.07) is 1.71. The van der Waals surface area contributed by atoms with Crippen molar-refractivity contribution in [1.82, 2.24) is 0 Å². The number of allylic oxidation sites excluding steroid dienone is 1. The Morgan fingerprint density at radius 3 is 2.33 bits per heavy atom. The third-order valence-corrected chi connectivity index (χ3v) is 3.19. The molecule has 0 fully saturated rings. The van der Waals surface area contributed by atoms with Crippen molar-refractivity contribution in [3.05, 3.63) is 34.5 Å². The van der Waals surface area contributed by atoms with Crippen molar-refractivity contribution >= 4 is 11.6 Å². The normalized spacial score (nSPS) is 19.0. The molecule has 1 aliphatic heterocycles. The first-order chi connectivity index (χ1) is 8.40. The highest BCUT2D eigenvalue weighted by Gasteiger charge is 2.30. The number of rotatable bonds is 3. The Balaban J connectivity index is 2.24. The Hall–Kier alpha value is -1.84. The maximum atomic E-state index is 11.4. The Morgan fingerprint density at radius 1 is 1.22 bits per heavy atom. The first-order valence-corrected chi connectivity index (χ1v) is 5.88. The second-order valence-corrected chi connectivity index (χ2v) is 4.58. The number of aryl methyl sites for hydroxylation is 1. The van der Waals surface area contributed by atoms with Crippen molar-refractivity contribution in [3.8, 4) is 0 Å². The molecule has 1 aliphatic rings. The molecule has 4 nitrogen and oxygen atoms in total. The highest BCUT2D eigenvalue weighted by molar-refractivity contribution is 5.95. The molecule has 0 spiro atoms. The number of carbonyl (C=O) groups is 2. The van der Waals surface area contributed by atoms with Crippen LogP contribution in [0, 0.1) is 6.92 Å². The fourth-order valence-electron chi connectivity index (χ4n) is 2.22. The van der Waals surface area contributed by atoms with Gasteiger partial charge in [0.25, 0.3) is 0 Å². The van der Waals surface area contributed by atoms with Crippen LogP contribution in [0.25, 0.3) is 0 Å². The van der Waals surface area contributed by atoms with Crippen molar-refractivity contribution in [1.29, 1.82) is 0 Å². The summed E-state index contributed by atoms with van der Waals surface area (Å²) >= 11 is 0. The molecule has 0 saturated heterocycles. The lowest BCUT2D eigenvalue weighted by molar-refractivity contribution is -0.113. The van der Waals surface area contributed by atoms with Crippen LogP contribution in [0.15, 0.2) is 21.8 Å². The van der Waals surface area contributed by atoms with Gasteiger partial charge in [-0.15, -0.1) is 0 Å². The number of ketones is 2. The van der Waals surface area contributed by atoms with Crippen LogP contribution in [0.2, 0.25) is 0 Å². The zero-order valence-corrected chi connectivity index (χ0v) is 11.0. The molecular formula is C14H16O4. The molecule has 0 amide bonds. The van der Waals surface area contributed by atoms with Gasteiger partial charge in [0.15, 0.2) is 17.7 Å². The topological polar surface area (TPSA) is 56.5 Å². The van der Waals surface area contributed by atoms with Crippen molar-refractivity contribution in [2.75, 3.05) is 0 Å². The van der Waals surface area contributed by atoms with E-state index in [1.54, 1.807) is 19.9 Å². The summed E-state index contributed by atoms with van der Waals surface area (Å²) in [5, 5.41) is 0. The van der Waals surface area contributed by atoms with Crippen molar-refractivity contribution in [3.63, 3.8) is 0 Å².